The SMILES string of the molecule is CC#CC1C[C@H]2C(=CC1=O)CC[C@@H]1[C@@H]2CC[C@]2(C)CCC[C@@H]12. The molecule has 0 aliphatic heterocycles. The van der Waals surface area contributed by atoms with Crippen molar-refractivity contribution in [1.29, 1.82) is 0 Å². The lowest BCUT2D eigenvalue weighted by Gasteiger charge is -2.53. The summed E-state index contributed by atoms with van der Waals surface area (Å²) in [5.74, 6) is 9.79. The molecule has 1 nitrogen and oxygen atoms in total. The van der Waals surface area contributed by atoms with Gasteiger partial charge in [-0.2, -0.15) is 0 Å². The van der Waals surface area contributed by atoms with Gasteiger partial charge < -0.3 is 0 Å². The van der Waals surface area contributed by atoms with E-state index in [1.807, 2.05) is 13.0 Å². The van der Waals surface area contributed by atoms with Crippen LogP contribution in [0.25, 0.3) is 0 Å². The Hall–Kier alpha value is -1.03. The van der Waals surface area contributed by atoms with E-state index in [0.717, 1.165) is 24.2 Å². The Kier molecular flexibility index (Phi) is 3.48. The van der Waals surface area contributed by atoms with Gasteiger partial charge in [0.1, 0.15) is 0 Å². The van der Waals surface area contributed by atoms with Crippen molar-refractivity contribution in [2.45, 2.75) is 65.2 Å². The van der Waals surface area contributed by atoms with Gasteiger partial charge in [-0.3, -0.25) is 4.79 Å². The molecule has 0 radical (unpaired) electrons. The highest BCUT2D eigenvalue weighted by Gasteiger charge is 2.52. The van der Waals surface area contributed by atoms with Gasteiger partial charge in [0.15, 0.2) is 5.78 Å². The normalized spacial score (nSPS) is 46.7. The van der Waals surface area contributed by atoms with Crippen LogP contribution in [0.1, 0.15) is 65.2 Å². The summed E-state index contributed by atoms with van der Waals surface area (Å²) in [7, 11) is 0. The third-order valence-corrected chi connectivity index (χ3v) is 7.51. The minimum atomic E-state index is -0.0191. The summed E-state index contributed by atoms with van der Waals surface area (Å²) in [6, 6.07) is 0. The van der Waals surface area contributed by atoms with E-state index in [0.29, 0.717) is 11.3 Å². The van der Waals surface area contributed by atoms with Gasteiger partial charge in [-0.15, -0.1) is 5.92 Å². The Morgan fingerprint density at radius 1 is 1.18 bits per heavy atom. The van der Waals surface area contributed by atoms with Crippen LogP contribution in [-0.4, -0.2) is 5.78 Å². The maximum atomic E-state index is 12.3. The maximum absolute atomic E-state index is 12.3. The fourth-order valence-corrected chi connectivity index (χ4v) is 6.48. The maximum Gasteiger partial charge on any atom is 0.170 e. The zero-order valence-electron chi connectivity index (χ0n) is 14.0. The average molecular weight is 296 g/mol. The van der Waals surface area contributed by atoms with Crippen LogP contribution in [0, 0.1) is 46.8 Å². The lowest BCUT2D eigenvalue weighted by molar-refractivity contribution is -0.118. The van der Waals surface area contributed by atoms with Gasteiger partial charge >= 0.3 is 0 Å². The fraction of sp³-hybridized carbons (Fsp3) is 0.762. The molecule has 4 rings (SSSR count). The van der Waals surface area contributed by atoms with Crippen LogP contribution in [0.4, 0.5) is 0 Å². The predicted molar refractivity (Wildman–Crippen MR) is 89.0 cm³/mol. The number of ketones is 1. The first-order valence-electron chi connectivity index (χ1n) is 9.29. The predicted octanol–water partition coefficient (Wildman–Crippen LogP) is 4.77. The van der Waals surface area contributed by atoms with E-state index in [4.69, 9.17) is 0 Å². The molecule has 3 fully saturated rings. The van der Waals surface area contributed by atoms with E-state index in [1.54, 1.807) is 0 Å². The van der Waals surface area contributed by atoms with E-state index >= 15 is 0 Å². The molecule has 0 aromatic carbocycles. The molecule has 1 unspecified atom stereocenters. The van der Waals surface area contributed by atoms with E-state index in [9.17, 15) is 4.79 Å². The fourth-order valence-electron chi connectivity index (χ4n) is 6.48. The number of hydrogen-bond donors (Lipinski definition) is 0. The monoisotopic (exact) mass is 296 g/mol. The van der Waals surface area contributed by atoms with Gasteiger partial charge in [0.25, 0.3) is 0 Å². The zero-order valence-corrected chi connectivity index (χ0v) is 14.0. The smallest absolute Gasteiger partial charge is 0.170 e. The molecule has 4 aliphatic rings. The van der Waals surface area contributed by atoms with Crippen LogP contribution in [-0.2, 0) is 4.79 Å². The second kappa shape index (κ2) is 5.26. The van der Waals surface area contributed by atoms with Crippen molar-refractivity contribution >= 4 is 5.78 Å². The van der Waals surface area contributed by atoms with Crippen LogP contribution in [0.2, 0.25) is 0 Å². The first-order valence-corrected chi connectivity index (χ1v) is 9.29. The van der Waals surface area contributed by atoms with E-state index < -0.39 is 0 Å². The third-order valence-electron chi connectivity index (χ3n) is 7.51. The van der Waals surface area contributed by atoms with Crippen molar-refractivity contribution in [2.75, 3.05) is 0 Å². The standard InChI is InChI=1S/C21H28O/c1-3-5-15-12-18-14(13-20(15)22)7-8-17-16(18)9-11-21(2)10-4-6-19(17)21/h13,15-19H,4,6-12H2,1-2H3/t15?,16-,17+,18-,19-,21-/m0/s1. The summed E-state index contributed by atoms with van der Waals surface area (Å²) in [6.07, 6.45) is 12.7. The zero-order chi connectivity index (χ0) is 15.3. The van der Waals surface area contributed by atoms with Crippen molar-refractivity contribution in [1.82, 2.24) is 0 Å². The number of hydrogen-bond acceptors (Lipinski definition) is 1. The van der Waals surface area contributed by atoms with Gasteiger partial charge in [0.05, 0.1) is 5.92 Å². The van der Waals surface area contributed by atoms with Crippen LogP contribution >= 0.6 is 0 Å². The molecule has 4 aliphatic carbocycles. The molecule has 0 spiro atoms. The van der Waals surface area contributed by atoms with Crippen molar-refractivity contribution in [3.8, 4) is 11.8 Å². The number of allylic oxidation sites excluding steroid dienone is 1. The number of carbonyl (C=O) groups is 1. The second-order valence-electron chi connectivity index (χ2n) is 8.47. The Morgan fingerprint density at radius 3 is 2.86 bits per heavy atom. The molecule has 22 heavy (non-hydrogen) atoms. The van der Waals surface area contributed by atoms with Crippen LogP contribution in [0.3, 0.4) is 0 Å². The van der Waals surface area contributed by atoms with Gasteiger partial charge in [-0.05, 0) is 87.0 Å². The summed E-state index contributed by atoms with van der Waals surface area (Å²) in [5, 5.41) is 0. The number of rotatable bonds is 0. The minimum absolute atomic E-state index is 0.0191. The molecular formula is C21H28O. The van der Waals surface area contributed by atoms with E-state index in [1.165, 1.54) is 50.5 Å². The molecule has 0 amide bonds. The van der Waals surface area contributed by atoms with Gasteiger partial charge in [-0.25, -0.2) is 0 Å². The Balaban J connectivity index is 1.62. The molecule has 0 aromatic heterocycles. The van der Waals surface area contributed by atoms with Crippen LogP contribution in [0.15, 0.2) is 11.6 Å². The summed E-state index contributed by atoms with van der Waals surface area (Å²) >= 11 is 0. The minimum Gasteiger partial charge on any atom is -0.293 e. The highest BCUT2D eigenvalue weighted by atomic mass is 16.1. The quantitative estimate of drug-likeness (QED) is 0.589. The first kappa shape index (κ1) is 14.6. The average Bonchev–Trinajstić information content (AvgIpc) is 2.90. The van der Waals surface area contributed by atoms with Gasteiger partial charge in [0, 0.05) is 0 Å². The number of fused-ring (bicyclic) bond motifs is 5. The summed E-state index contributed by atoms with van der Waals surface area (Å²) in [4.78, 5) is 12.3. The summed E-state index contributed by atoms with van der Waals surface area (Å²) in [6.45, 7) is 4.42. The van der Waals surface area contributed by atoms with Crippen molar-refractivity contribution in [3.63, 3.8) is 0 Å². The van der Waals surface area contributed by atoms with Crippen molar-refractivity contribution in [2.24, 2.45) is 35.0 Å². The molecule has 0 aromatic rings. The third kappa shape index (κ3) is 2.10. The van der Waals surface area contributed by atoms with E-state index in [-0.39, 0.29) is 11.7 Å². The van der Waals surface area contributed by atoms with E-state index in [2.05, 4.69) is 18.8 Å². The highest BCUT2D eigenvalue weighted by molar-refractivity contribution is 5.95. The second-order valence-corrected chi connectivity index (χ2v) is 8.47. The molecule has 0 bridgehead atoms. The highest BCUT2D eigenvalue weighted by Crippen LogP contribution is 2.61. The molecule has 1 heteroatoms. The summed E-state index contributed by atoms with van der Waals surface area (Å²) in [5.41, 5.74) is 2.11. The first-order chi connectivity index (χ1) is 10.6. The molecule has 0 N–H and O–H groups in total. The number of carbonyl (C=O) groups excluding carboxylic acids is 1. The molecule has 3 saturated carbocycles. The van der Waals surface area contributed by atoms with Crippen molar-refractivity contribution in [3.05, 3.63) is 11.6 Å². The lowest BCUT2D eigenvalue weighted by Crippen LogP contribution is -2.45. The topological polar surface area (TPSA) is 17.1 Å². The summed E-state index contributed by atoms with van der Waals surface area (Å²) < 4.78 is 0. The van der Waals surface area contributed by atoms with Gasteiger partial charge in [-0.1, -0.05) is 24.8 Å². The molecule has 0 heterocycles. The van der Waals surface area contributed by atoms with Crippen LogP contribution < -0.4 is 0 Å². The Bertz CT molecular complexity index is 574. The van der Waals surface area contributed by atoms with Gasteiger partial charge in [0.2, 0.25) is 0 Å². The van der Waals surface area contributed by atoms with Crippen LogP contribution in [0.5, 0.6) is 0 Å². The largest absolute Gasteiger partial charge is 0.293 e. The molecule has 118 valence electrons. The van der Waals surface area contributed by atoms with Crippen molar-refractivity contribution < 1.29 is 4.79 Å². The lowest BCUT2D eigenvalue weighted by atomic mass is 9.52. The Labute approximate surface area is 134 Å². The molecule has 0 saturated heterocycles. The Morgan fingerprint density at radius 2 is 2.05 bits per heavy atom. The molecule has 6 atom stereocenters. The molecular weight excluding hydrogens is 268 g/mol.